The Bertz CT molecular complexity index is 118. The van der Waals surface area contributed by atoms with E-state index in [1.165, 1.54) is 0 Å². The lowest BCUT2D eigenvalue weighted by Gasteiger charge is -2.38. The van der Waals surface area contributed by atoms with E-state index in [0.717, 1.165) is 5.54 Å². The van der Waals surface area contributed by atoms with Gasteiger partial charge in [-0.25, -0.2) is 0 Å². The van der Waals surface area contributed by atoms with Gasteiger partial charge in [0.1, 0.15) is 0 Å². The molecule has 2 unspecified atom stereocenters. The van der Waals surface area contributed by atoms with Crippen LogP contribution in [0.5, 0.6) is 0 Å². The Morgan fingerprint density at radius 2 is 1.25 bits per heavy atom. The molecule has 0 amide bonds. The van der Waals surface area contributed by atoms with Crippen LogP contribution in [0.2, 0.25) is 17.1 Å². The van der Waals surface area contributed by atoms with E-state index in [-0.39, 0.29) is 0 Å². The molecule has 0 aliphatic rings. The fourth-order valence-corrected chi connectivity index (χ4v) is 4.50. The number of hydrogen-bond donors (Lipinski definition) is 0. The Hall–Kier alpha value is 0.217. The first kappa shape index (κ1) is 12.2. The predicted molar refractivity (Wildman–Crippen MR) is 61.6 cm³/mol. The SMILES string of the molecule is CC([SiH](C)C(C)(C)C)C(C)(C)C. The van der Waals surface area contributed by atoms with Crippen LogP contribution < -0.4 is 0 Å². The molecule has 0 aliphatic carbocycles. The Morgan fingerprint density at radius 1 is 0.917 bits per heavy atom. The molecule has 0 aromatic carbocycles. The maximum absolute atomic E-state index is 2.51. The third kappa shape index (κ3) is 3.30. The van der Waals surface area contributed by atoms with Crippen LogP contribution in [-0.2, 0) is 0 Å². The van der Waals surface area contributed by atoms with E-state index in [4.69, 9.17) is 0 Å². The molecule has 0 fully saturated rings. The van der Waals surface area contributed by atoms with Crippen molar-refractivity contribution in [2.24, 2.45) is 5.41 Å². The summed E-state index contributed by atoms with van der Waals surface area (Å²) < 4.78 is 0. The van der Waals surface area contributed by atoms with Crippen LogP contribution in [0.3, 0.4) is 0 Å². The predicted octanol–water partition coefficient (Wildman–Crippen LogP) is 4.08. The lowest BCUT2D eigenvalue weighted by molar-refractivity contribution is 0.385. The first-order valence-electron chi connectivity index (χ1n) is 5.07. The van der Waals surface area contributed by atoms with E-state index in [1.54, 1.807) is 0 Å². The normalized spacial score (nSPS) is 19.0. The molecule has 12 heavy (non-hydrogen) atoms. The van der Waals surface area contributed by atoms with Gasteiger partial charge in [-0.3, -0.25) is 0 Å². The van der Waals surface area contributed by atoms with E-state index < -0.39 is 8.80 Å². The van der Waals surface area contributed by atoms with Gasteiger partial charge in [0.05, 0.1) is 0 Å². The molecule has 0 aromatic heterocycles. The molecular formula is C11H26Si. The van der Waals surface area contributed by atoms with Crippen molar-refractivity contribution in [3.8, 4) is 0 Å². The summed E-state index contributed by atoms with van der Waals surface area (Å²) in [4.78, 5) is 0. The molecule has 1 heteroatoms. The average molecular weight is 186 g/mol. The summed E-state index contributed by atoms with van der Waals surface area (Å²) in [7, 11) is -0.610. The minimum absolute atomic E-state index is 0.499. The Morgan fingerprint density at radius 3 is 1.33 bits per heavy atom. The van der Waals surface area contributed by atoms with Crippen LogP contribution in [0.4, 0.5) is 0 Å². The van der Waals surface area contributed by atoms with Gasteiger partial charge in [-0.1, -0.05) is 55.0 Å². The van der Waals surface area contributed by atoms with Crippen molar-refractivity contribution in [1.82, 2.24) is 0 Å². The molecule has 0 rings (SSSR count). The van der Waals surface area contributed by atoms with Crippen molar-refractivity contribution >= 4 is 8.80 Å². The molecule has 0 N–H and O–H groups in total. The first-order chi connectivity index (χ1) is 5.07. The summed E-state index contributed by atoms with van der Waals surface area (Å²) in [6.07, 6.45) is 0. The van der Waals surface area contributed by atoms with Crippen LogP contribution in [-0.4, -0.2) is 8.80 Å². The third-order valence-corrected chi connectivity index (χ3v) is 8.71. The van der Waals surface area contributed by atoms with Crippen molar-refractivity contribution in [3.63, 3.8) is 0 Å². The Balaban J connectivity index is 4.41. The molecule has 74 valence electrons. The summed E-state index contributed by atoms with van der Waals surface area (Å²) in [6, 6.07) is 0. The van der Waals surface area contributed by atoms with E-state index in [1.807, 2.05) is 0 Å². The fourth-order valence-electron chi connectivity index (χ4n) is 1.50. The standard InChI is InChI=1S/C11H26Si/c1-9(10(2,3)4)12(8)11(5,6)7/h9,12H,1-8H3. The van der Waals surface area contributed by atoms with Crippen LogP contribution in [0.25, 0.3) is 0 Å². The van der Waals surface area contributed by atoms with E-state index in [9.17, 15) is 0 Å². The molecule has 0 saturated carbocycles. The van der Waals surface area contributed by atoms with Gasteiger partial charge in [0, 0.05) is 8.80 Å². The molecule has 0 bridgehead atoms. The van der Waals surface area contributed by atoms with Gasteiger partial charge in [-0.2, -0.15) is 0 Å². The molecule has 0 radical (unpaired) electrons. The largest absolute Gasteiger partial charge is 0.0714 e. The topological polar surface area (TPSA) is 0 Å². The summed E-state index contributed by atoms with van der Waals surface area (Å²) in [5.41, 5.74) is 1.41. The lowest BCUT2D eigenvalue weighted by Crippen LogP contribution is -2.33. The van der Waals surface area contributed by atoms with Crippen molar-refractivity contribution in [2.75, 3.05) is 0 Å². The summed E-state index contributed by atoms with van der Waals surface area (Å²) in [5.74, 6) is 0. The summed E-state index contributed by atoms with van der Waals surface area (Å²) >= 11 is 0. The quantitative estimate of drug-likeness (QED) is 0.541. The zero-order chi connectivity index (χ0) is 10.2. The molecule has 0 aliphatic heterocycles. The molecular weight excluding hydrogens is 160 g/mol. The van der Waals surface area contributed by atoms with E-state index >= 15 is 0 Å². The average Bonchev–Trinajstić information content (AvgIpc) is 1.80. The minimum Gasteiger partial charge on any atom is -0.0714 e. The summed E-state index contributed by atoms with van der Waals surface area (Å²) in [6.45, 7) is 19.2. The molecule has 2 atom stereocenters. The molecule has 0 heterocycles. The fraction of sp³-hybridized carbons (Fsp3) is 1.00. The van der Waals surface area contributed by atoms with Gasteiger partial charge in [-0.05, 0) is 16.0 Å². The second-order valence-electron chi connectivity index (χ2n) is 6.31. The highest BCUT2D eigenvalue weighted by Crippen LogP contribution is 2.42. The van der Waals surface area contributed by atoms with Gasteiger partial charge in [0.25, 0.3) is 0 Å². The van der Waals surface area contributed by atoms with Gasteiger partial charge < -0.3 is 0 Å². The Kier molecular flexibility index (Phi) is 3.59. The highest BCUT2D eigenvalue weighted by atomic mass is 28.3. The van der Waals surface area contributed by atoms with Crippen molar-refractivity contribution < 1.29 is 0 Å². The van der Waals surface area contributed by atoms with Crippen molar-refractivity contribution in [1.29, 1.82) is 0 Å². The van der Waals surface area contributed by atoms with Gasteiger partial charge in [-0.15, -0.1) is 0 Å². The van der Waals surface area contributed by atoms with Crippen LogP contribution in [0.1, 0.15) is 48.5 Å². The van der Waals surface area contributed by atoms with Crippen molar-refractivity contribution in [2.45, 2.75) is 65.6 Å². The highest BCUT2D eigenvalue weighted by Gasteiger charge is 2.33. The van der Waals surface area contributed by atoms with Crippen LogP contribution in [0, 0.1) is 5.41 Å². The van der Waals surface area contributed by atoms with E-state index in [0.29, 0.717) is 10.5 Å². The lowest BCUT2D eigenvalue weighted by atomic mass is 9.93. The Labute approximate surface area is 80.4 Å². The maximum Gasteiger partial charge on any atom is 0.0425 e. The number of rotatable bonds is 1. The van der Waals surface area contributed by atoms with Gasteiger partial charge in [0.15, 0.2) is 0 Å². The molecule has 0 nitrogen and oxygen atoms in total. The third-order valence-electron chi connectivity index (χ3n) is 3.48. The molecule has 0 saturated heterocycles. The summed E-state index contributed by atoms with van der Waals surface area (Å²) in [5, 5.41) is 0.576. The van der Waals surface area contributed by atoms with E-state index in [2.05, 4.69) is 55.0 Å². The number of hydrogen-bond acceptors (Lipinski definition) is 0. The van der Waals surface area contributed by atoms with Gasteiger partial charge in [0.2, 0.25) is 0 Å². The van der Waals surface area contributed by atoms with Crippen molar-refractivity contribution in [3.05, 3.63) is 0 Å². The smallest absolute Gasteiger partial charge is 0.0425 e. The zero-order valence-corrected chi connectivity index (χ0v) is 11.3. The first-order valence-corrected chi connectivity index (χ1v) is 7.46. The molecule has 0 spiro atoms. The molecule has 0 aromatic rings. The zero-order valence-electron chi connectivity index (χ0n) is 10.2. The highest BCUT2D eigenvalue weighted by molar-refractivity contribution is 6.62. The minimum atomic E-state index is -0.610. The van der Waals surface area contributed by atoms with Gasteiger partial charge >= 0.3 is 0 Å². The second-order valence-corrected chi connectivity index (χ2v) is 10.6. The second kappa shape index (κ2) is 3.53. The monoisotopic (exact) mass is 186 g/mol. The van der Waals surface area contributed by atoms with Crippen LogP contribution in [0.15, 0.2) is 0 Å². The van der Waals surface area contributed by atoms with Crippen LogP contribution >= 0.6 is 0 Å². The maximum atomic E-state index is 2.51.